The molecule has 0 saturated carbocycles. The van der Waals surface area contributed by atoms with Crippen LogP contribution in [0.4, 0.5) is 11.4 Å². The smallest absolute Gasteiger partial charge is 0.260 e. The summed E-state index contributed by atoms with van der Waals surface area (Å²) in [5.74, 6) is -0.150. The number of hydrogen-bond donors (Lipinski definition) is 1. The first-order valence-electron chi connectivity index (χ1n) is 11.8. The molecule has 0 radical (unpaired) electrons. The Labute approximate surface area is 207 Å². The fourth-order valence-electron chi connectivity index (χ4n) is 4.36. The maximum absolute atomic E-state index is 13.6. The summed E-state index contributed by atoms with van der Waals surface area (Å²) in [4.78, 5) is 28.8. The molecule has 176 valence electrons. The van der Waals surface area contributed by atoms with E-state index in [0.29, 0.717) is 16.8 Å². The van der Waals surface area contributed by atoms with Crippen molar-refractivity contribution in [2.24, 2.45) is 0 Å². The Morgan fingerprint density at radius 2 is 1.43 bits per heavy atom. The molecule has 0 spiro atoms. The fourth-order valence-corrected chi connectivity index (χ4v) is 4.36. The van der Waals surface area contributed by atoms with Crippen molar-refractivity contribution in [1.82, 2.24) is 0 Å². The molecule has 0 saturated heterocycles. The molecule has 4 aromatic carbocycles. The molecule has 4 aromatic rings. The van der Waals surface area contributed by atoms with Gasteiger partial charge in [-0.1, -0.05) is 92.7 Å². The van der Waals surface area contributed by atoms with Gasteiger partial charge in [-0.3, -0.25) is 9.59 Å². The maximum atomic E-state index is 13.6. The summed E-state index contributed by atoms with van der Waals surface area (Å²) in [5.41, 5.74) is 6.17. The van der Waals surface area contributed by atoms with Crippen molar-refractivity contribution in [3.63, 3.8) is 0 Å². The summed E-state index contributed by atoms with van der Waals surface area (Å²) in [6.07, 6.45) is 0. The lowest BCUT2D eigenvalue weighted by Gasteiger charge is -2.23. The van der Waals surface area contributed by atoms with E-state index in [-0.39, 0.29) is 17.7 Å². The van der Waals surface area contributed by atoms with E-state index in [9.17, 15) is 9.59 Å². The summed E-state index contributed by atoms with van der Waals surface area (Å²) in [6, 6.07) is 30.7. The fraction of sp³-hybridized carbons (Fsp3) is 0.161. The Kier molecular flexibility index (Phi) is 7.11. The highest BCUT2D eigenvalue weighted by Crippen LogP contribution is 2.30. The third kappa shape index (κ3) is 5.02. The van der Waals surface area contributed by atoms with Gasteiger partial charge in [-0.2, -0.15) is 0 Å². The van der Waals surface area contributed by atoms with E-state index in [1.165, 1.54) is 0 Å². The molecule has 4 heteroatoms. The third-order valence-corrected chi connectivity index (χ3v) is 6.22. The largest absolute Gasteiger partial charge is 0.321 e. The van der Waals surface area contributed by atoms with E-state index >= 15 is 0 Å². The van der Waals surface area contributed by atoms with Crippen molar-refractivity contribution < 1.29 is 9.59 Å². The number of carbonyl (C=O) groups excluding carboxylic acids is 2. The second-order valence-electron chi connectivity index (χ2n) is 8.94. The van der Waals surface area contributed by atoms with Gasteiger partial charge in [0.2, 0.25) is 0 Å². The van der Waals surface area contributed by atoms with Crippen LogP contribution in [0.1, 0.15) is 51.6 Å². The topological polar surface area (TPSA) is 49.4 Å². The number of benzene rings is 4. The van der Waals surface area contributed by atoms with Crippen molar-refractivity contribution in [3.05, 3.63) is 119 Å². The van der Waals surface area contributed by atoms with Crippen LogP contribution in [-0.2, 0) is 0 Å². The van der Waals surface area contributed by atoms with Crippen LogP contribution in [0.2, 0.25) is 0 Å². The molecule has 0 atom stereocenters. The molecular formula is C31H30N2O2. The molecule has 0 aliphatic carbocycles. The Balaban J connectivity index is 1.68. The number of nitrogens with one attached hydrogen (secondary N) is 1. The summed E-state index contributed by atoms with van der Waals surface area (Å²) in [6.45, 7) is 6.14. The highest BCUT2D eigenvalue weighted by molar-refractivity contribution is 6.15. The van der Waals surface area contributed by atoms with Crippen LogP contribution in [0.15, 0.2) is 97.1 Å². The van der Waals surface area contributed by atoms with E-state index in [1.54, 1.807) is 24.1 Å². The van der Waals surface area contributed by atoms with E-state index in [2.05, 4.69) is 19.2 Å². The minimum absolute atomic E-state index is 0.179. The SMILES string of the molecule is Cc1cccc(-c2ccccc2)c1C(=O)Nc1ccccc1C(=O)N(C)c1ccccc1C(C)C. The van der Waals surface area contributed by atoms with Crippen LogP contribution in [0.3, 0.4) is 0 Å². The summed E-state index contributed by atoms with van der Waals surface area (Å²) in [5, 5.41) is 3.02. The molecule has 0 aliphatic rings. The van der Waals surface area contributed by atoms with E-state index < -0.39 is 0 Å². The monoisotopic (exact) mass is 462 g/mol. The molecular weight excluding hydrogens is 432 g/mol. The number of hydrogen-bond acceptors (Lipinski definition) is 2. The van der Waals surface area contributed by atoms with Gasteiger partial charge in [0.25, 0.3) is 11.8 Å². The maximum Gasteiger partial charge on any atom is 0.260 e. The molecule has 0 heterocycles. The zero-order valence-electron chi connectivity index (χ0n) is 20.6. The van der Waals surface area contributed by atoms with Crippen LogP contribution in [-0.4, -0.2) is 18.9 Å². The molecule has 0 fully saturated rings. The number of rotatable bonds is 6. The molecule has 0 aromatic heterocycles. The predicted molar refractivity (Wildman–Crippen MR) is 144 cm³/mol. The lowest BCUT2D eigenvalue weighted by atomic mass is 9.95. The molecule has 0 bridgehead atoms. The van der Waals surface area contributed by atoms with Crippen LogP contribution < -0.4 is 10.2 Å². The van der Waals surface area contributed by atoms with E-state index in [0.717, 1.165) is 27.9 Å². The van der Waals surface area contributed by atoms with Gasteiger partial charge >= 0.3 is 0 Å². The molecule has 0 unspecified atom stereocenters. The summed E-state index contributed by atoms with van der Waals surface area (Å²) < 4.78 is 0. The van der Waals surface area contributed by atoms with Gasteiger partial charge in [0.05, 0.1) is 16.8 Å². The minimum atomic E-state index is -0.243. The van der Waals surface area contributed by atoms with Crippen molar-refractivity contribution in [2.75, 3.05) is 17.3 Å². The van der Waals surface area contributed by atoms with Crippen molar-refractivity contribution in [1.29, 1.82) is 0 Å². The van der Waals surface area contributed by atoms with Crippen molar-refractivity contribution in [2.45, 2.75) is 26.7 Å². The number of carbonyl (C=O) groups is 2. The second kappa shape index (κ2) is 10.4. The zero-order chi connectivity index (χ0) is 24.9. The molecule has 4 rings (SSSR count). The molecule has 0 aliphatic heterocycles. The number of aryl methyl sites for hydroxylation is 1. The lowest BCUT2D eigenvalue weighted by molar-refractivity contribution is 0.0993. The van der Waals surface area contributed by atoms with Gasteiger partial charge in [-0.15, -0.1) is 0 Å². The van der Waals surface area contributed by atoms with Gasteiger partial charge in [0.15, 0.2) is 0 Å². The normalized spacial score (nSPS) is 10.8. The zero-order valence-corrected chi connectivity index (χ0v) is 20.6. The lowest BCUT2D eigenvalue weighted by Crippen LogP contribution is -2.28. The quantitative estimate of drug-likeness (QED) is 0.326. The Morgan fingerprint density at radius 1 is 0.771 bits per heavy atom. The number of para-hydroxylation sites is 2. The first-order valence-corrected chi connectivity index (χ1v) is 11.8. The highest BCUT2D eigenvalue weighted by atomic mass is 16.2. The van der Waals surface area contributed by atoms with Crippen molar-refractivity contribution in [3.8, 4) is 11.1 Å². The summed E-state index contributed by atoms with van der Waals surface area (Å²) in [7, 11) is 1.77. The van der Waals surface area contributed by atoms with Crippen LogP contribution >= 0.6 is 0 Å². The average molecular weight is 463 g/mol. The van der Waals surface area contributed by atoms with Gasteiger partial charge in [0.1, 0.15) is 0 Å². The molecule has 1 N–H and O–H groups in total. The van der Waals surface area contributed by atoms with Gasteiger partial charge in [0, 0.05) is 12.7 Å². The predicted octanol–water partition coefficient (Wildman–Crippen LogP) is 7.31. The van der Waals surface area contributed by atoms with E-state index in [4.69, 9.17) is 0 Å². The summed E-state index contributed by atoms with van der Waals surface area (Å²) >= 11 is 0. The first kappa shape index (κ1) is 24.0. The number of anilines is 2. The molecule has 2 amide bonds. The van der Waals surface area contributed by atoms with Gasteiger partial charge in [-0.25, -0.2) is 0 Å². The van der Waals surface area contributed by atoms with Crippen LogP contribution in [0.5, 0.6) is 0 Å². The number of nitrogens with zero attached hydrogens (tertiary/aromatic N) is 1. The third-order valence-electron chi connectivity index (χ3n) is 6.22. The first-order chi connectivity index (χ1) is 16.9. The Bertz CT molecular complexity index is 1360. The van der Waals surface area contributed by atoms with Crippen LogP contribution in [0, 0.1) is 6.92 Å². The minimum Gasteiger partial charge on any atom is -0.321 e. The second-order valence-corrected chi connectivity index (χ2v) is 8.94. The molecule has 35 heavy (non-hydrogen) atoms. The van der Waals surface area contributed by atoms with E-state index in [1.807, 2.05) is 91.9 Å². The van der Waals surface area contributed by atoms with Gasteiger partial charge < -0.3 is 10.2 Å². The highest BCUT2D eigenvalue weighted by Gasteiger charge is 2.22. The van der Waals surface area contributed by atoms with Crippen molar-refractivity contribution >= 4 is 23.2 Å². The Hall–Kier alpha value is -4.18. The number of amides is 2. The Morgan fingerprint density at radius 3 is 2.17 bits per heavy atom. The van der Waals surface area contributed by atoms with Gasteiger partial charge in [-0.05, 0) is 53.3 Å². The van der Waals surface area contributed by atoms with Crippen LogP contribution in [0.25, 0.3) is 11.1 Å². The molecule has 4 nitrogen and oxygen atoms in total. The average Bonchev–Trinajstić information content (AvgIpc) is 2.88. The standard InChI is InChI=1S/C31H30N2O2/c1-21(2)24-16-9-11-20-28(24)33(4)31(35)26-17-8-10-19-27(26)32-30(34)29-22(3)13-12-18-25(29)23-14-6-5-7-15-23/h5-21H,1-4H3,(H,32,34).